The number of aromatic nitrogens is 2. The second-order valence-electron chi connectivity index (χ2n) is 5.05. The highest BCUT2D eigenvalue weighted by Gasteiger charge is 2.27. The largest absolute Gasteiger partial charge is 0.407 e. The second kappa shape index (κ2) is 7.23. The molecule has 1 fully saturated rings. The molecule has 0 bridgehead atoms. The summed E-state index contributed by atoms with van der Waals surface area (Å²) in [6.07, 6.45) is 2.94. The van der Waals surface area contributed by atoms with Crippen LogP contribution in [0.4, 0.5) is 6.01 Å². The quantitative estimate of drug-likeness (QED) is 0.740. The van der Waals surface area contributed by atoms with Crippen molar-refractivity contribution in [2.45, 2.75) is 32.7 Å². The minimum absolute atomic E-state index is 0.00214. The van der Waals surface area contributed by atoms with Crippen LogP contribution in [0.15, 0.2) is 4.42 Å². The summed E-state index contributed by atoms with van der Waals surface area (Å²) in [7, 11) is 1.67. The summed E-state index contributed by atoms with van der Waals surface area (Å²) in [6.45, 7) is 5.13. The Morgan fingerprint density at radius 3 is 3.10 bits per heavy atom. The molecule has 1 aromatic rings. The number of piperidine rings is 1. The molecule has 0 saturated carbocycles. The lowest BCUT2D eigenvalue weighted by molar-refractivity contribution is -0.124. The molecule has 1 aromatic heterocycles. The molecule has 1 amide bonds. The number of nitrogens with one attached hydrogen (secondary N) is 2. The van der Waals surface area contributed by atoms with Crippen LogP contribution in [0, 0.1) is 5.92 Å². The van der Waals surface area contributed by atoms with Gasteiger partial charge in [0.05, 0.1) is 12.5 Å². The number of carbonyl (C=O) groups is 1. The maximum atomic E-state index is 11.7. The molecule has 1 aliphatic rings. The summed E-state index contributed by atoms with van der Waals surface area (Å²) in [5.74, 6) is 0.678. The van der Waals surface area contributed by atoms with Gasteiger partial charge in [0.25, 0.3) is 0 Å². The van der Waals surface area contributed by atoms with E-state index >= 15 is 0 Å². The molecule has 1 unspecified atom stereocenters. The number of amides is 1. The number of nitrogens with zero attached hydrogens (tertiary/aromatic N) is 3. The third-order valence-electron chi connectivity index (χ3n) is 3.47. The normalized spacial score (nSPS) is 19.1. The van der Waals surface area contributed by atoms with Gasteiger partial charge in [0.2, 0.25) is 11.8 Å². The first-order valence-corrected chi connectivity index (χ1v) is 7.24. The van der Waals surface area contributed by atoms with Crippen LogP contribution in [0.25, 0.3) is 0 Å². The molecule has 0 spiro atoms. The minimum atomic E-state index is 0.00214. The average Bonchev–Trinajstić information content (AvgIpc) is 2.96. The molecule has 20 heavy (non-hydrogen) atoms. The van der Waals surface area contributed by atoms with Crippen LogP contribution in [-0.4, -0.2) is 42.8 Å². The van der Waals surface area contributed by atoms with Crippen molar-refractivity contribution in [3.63, 3.8) is 0 Å². The molecular weight excluding hydrogens is 258 g/mol. The van der Waals surface area contributed by atoms with Crippen molar-refractivity contribution in [3.8, 4) is 0 Å². The van der Waals surface area contributed by atoms with Crippen molar-refractivity contribution in [1.82, 2.24) is 20.8 Å². The molecule has 1 aliphatic heterocycles. The van der Waals surface area contributed by atoms with Crippen LogP contribution in [-0.2, 0) is 11.3 Å². The van der Waals surface area contributed by atoms with Crippen LogP contribution in [0.3, 0.4) is 0 Å². The molecule has 7 heteroatoms. The summed E-state index contributed by atoms with van der Waals surface area (Å²) in [5, 5.41) is 14.0. The van der Waals surface area contributed by atoms with Crippen LogP contribution >= 0.6 is 0 Å². The van der Waals surface area contributed by atoms with Gasteiger partial charge in [-0.2, -0.15) is 0 Å². The standard InChI is InChI=1S/C13H23N5O2/c1-3-6-15-8-11-16-17-13(20-11)18-7-4-5-10(9-18)12(19)14-2/h10,15H,3-9H2,1-2H3,(H,14,19). The summed E-state index contributed by atoms with van der Waals surface area (Å²) < 4.78 is 5.64. The van der Waals surface area contributed by atoms with Crippen LogP contribution in [0.1, 0.15) is 32.1 Å². The molecule has 0 aromatic carbocycles. The molecular formula is C13H23N5O2. The average molecular weight is 281 g/mol. The number of carbonyl (C=O) groups excluding carboxylic acids is 1. The number of hydrogen-bond acceptors (Lipinski definition) is 6. The summed E-state index contributed by atoms with van der Waals surface area (Å²) >= 11 is 0. The molecule has 0 aliphatic carbocycles. The molecule has 2 heterocycles. The fraction of sp³-hybridized carbons (Fsp3) is 0.769. The zero-order valence-electron chi connectivity index (χ0n) is 12.2. The molecule has 1 saturated heterocycles. The Morgan fingerprint density at radius 1 is 1.50 bits per heavy atom. The van der Waals surface area contributed by atoms with Gasteiger partial charge in [0.15, 0.2) is 0 Å². The van der Waals surface area contributed by atoms with Crippen LogP contribution < -0.4 is 15.5 Å². The van der Waals surface area contributed by atoms with Gasteiger partial charge in [-0.05, 0) is 25.8 Å². The number of rotatable bonds is 6. The molecule has 7 nitrogen and oxygen atoms in total. The monoisotopic (exact) mass is 281 g/mol. The van der Waals surface area contributed by atoms with Gasteiger partial charge in [0.1, 0.15) is 0 Å². The maximum absolute atomic E-state index is 11.7. The minimum Gasteiger partial charge on any atom is -0.407 e. The van der Waals surface area contributed by atoms with Gasteiger partial charge in [-0.25, -0.2) is 0 Å². The topological polar surface area (TPSA) is 83.3 Å². The van der Waals surface area contributed by atoms with Crippen molar-refractivity contribution in [3.05, 3.63) is 5.89 Å². The van der Waals surface area contributed by atoms with Gasteiger partial charge in [0, 0.05) is 20.1 Å². The van der Waals surface area contributed by atoms with Crippen molar-refractivity contribution < 1.29 is 9.21 Å². The van der Waals surface area contributed by atoms with E-state index in [1.807, 2.05) is 4.90 Å². The Balaban J connectivity index is 1.92. The van der Waals surface area contributed by atoms with Gasteiger partial charge < -0.3 is 20.0 Å². The lowest BCUT2D eigenvalue weighted by atomic mass is 9.97. The second-order valence-corrected chi connectivity index (χ2v) is 5.05. The first-order chi connectivity index (χ1) is 9.74. The molecule has 2 rings (SSSR count). The lowest BCUT2D eigenvalue weighted by Gasteiger charge is -2.30. The smallest absolute Gasteiger partial charge is 0.318 e. The summed E-state index contributed by atoms with van der Waals surface area (Å²) in [6, 6.07) is 0.520. The highest BCUT2D eigenvalue weighted by molar-refractivity contribution is 5.79. The fourth-order valence-electron chi connectivity index (χ4n) is 2.39. The Morgan fingerprint density at radius 2 is 2.35 bits per heavy atom. The summed E-state index contributed by atoms with van der Waals surface area (Å²) in [4.78, 5) is 13.7. The highest BCUT2D eigenvalue weighted by atomic mass is 16.4. The Hall–Kier alpha value is -1.63. The zero-order chi connectivity index (χ0) is 14.4. The Bertz CT molecular complexity index is 434. The highest BCUT2D eigenvalue weighted by Crippen LogP contribution is 2.22. The van der Waals surface area contributed by atoms with Crippen LogP contribution in [0.5, 0.6) is 0 Å². The number of anilines is 1. The van der Waals surface area contributed by atoms with Gasteiger partial charge >= 0.3 is 6.01 Å². The zero-order valence-corrected chi connectivity index (χ0v) is 12.2. The van der Waals surface area contributed by atoms with E-state index in [9.17, 15) is 4.79 Å². The first-order valence-electron chi connectivity index (χ1n) is 7.24. The van der Waals surface area contributed by atoms with Crippen LogP contribution in [0.2, 0.25) is 0 Å². The van der Waals surface area contributed by atoms with E-state index in [1.54, 1.807) is 7.05 Å². The van der Waals surface area contributed by atoms with E-state index in [-0.39, 0.29) is 11.8 Å². The lowest BCUT2D eigenvalue weighted by Crippen LogP contribution is -2.42. The number of hydrogen-bond donors (Lipinski definition) is 2. The summed E-state index contributed by atoms with van der Waals surface area (Å²) in [5.41, 5.74) is 0. The van der Waals surface area contributed by atoms with Gasteiger partial charge in [-0.1, -0.05) is 12.0 Å². The predicted octanol–water partition coefficient (Wildman–Crippen LogP) is 0.532. The van der Waals surface area contributed by atoms with Gasteiger partial charge in [-0.3, -0.25) is 4.79 Å². The van der Waals surface area contributed by atoms with Gasteiger partial charge in [-0.15, -0.1) is 5.10 Å². The molecule has 0 radical (unpaired) electrons. The van der Waals surface area contributed by atoms with E-state index in [1.165, 1.54) is 0 Å². The van der Waals surface area contributed by atoms with E-state index < -0.39 is 0 Å². The maximum Gasteiger partial charge on any atom is 0.318 e. The Kier molecular flexibility index (Phi) is 5.34. The van der Waals surface area contributed by atoms with Crippen molar-refractivity contribution in [1.29, 1.82) is 0 Å². The first kappa shape index (κ1) is 14.8. The van der Waals surface area contributed by atoms with E-state index in [2.05, 4.69) is 27.8 Å². The van der Waals surface area contributed by atoms with E-state index in [4.69, 9.17) is 4.42 Å². The molecule has 1 atom stereocenters. The van der Waals surface area contributed by atoms with E-state index in [0.29, 0.717) is 25.0 Å². The fourth-order valence-corrected chi connectivity index (χ4v) is 2.39. The molecule has 112 valence electrons. The third kappa shape index (κ3) is 3.69. The van der Waals surface area contributed by atoms with Crippen molar-refractivity contribution in [2.75, 3.05) is 31.6 Å². The predicted molar refractivity (Wildman–Crippen MR) is 75.3 cm³/mol. The SMILES string of the molecule is CCCNCc1nnc(N2CCCC(C(=O)NC)C2)o1. The van der Waals surface area contributed by atoms with E-state index in [0.717, 1.165) is 32.4 Å². The third-order valence-corrected chi connectivity index (χ3v) is 3.47. The van der Waals surface area contributed by atoms with Crippen molar-refractivity contribution in [2.24, 2.45) is 5.92 Å². The Labute approximate surface area is 119 Å². The van der Waals surface area contributed by atoms with Crippen molar-refractivity contribution >= 4 is 11.9 Å². The molecule has 2 N–H and O–H groups in total.